The summed E-state index contributed by atoms with van der Waals surface area (Å²) >= 11 is 0. The molecule has 1 amide bonds. The number of aliphatic hydroxyl groups excluding tert-OH is 1. The van der Waals surface area contributed by atoms with Gasteiger partial charge in [0.15, 0.2) is 0 Å². The lowest BCUT2D eigenvalue weighted by Gasteiger charge is -2.48. The summed E-state index contributed by atoms with van der Waals surface area (Å²) in [6.07, 6.45) is 1.46. The third-order valence-corrected chi connectivity index (χ3v) is 3.29. The number of carbonyl (C=O) groups excluding carboxylic acids is 2. The van der Waals surface area contributed by atoms with Crippen molar-refractivity contribution in [1.82, 2.24) is 4.90 Å². The van der Waals surface area contributed by atoms with Crippen LogP contribution < -0.4 is 0 Å². The van der Waals surface area contributed by atoms with Gasteiger partial charge in [0, 0.05) is 0 Å². The van der Waals surface area contributed by atoms with Crippen LogP contribution in [0.4, 0.5) is 0 Å². The summed E-state index contributed by atoms with van der Waals surface area (Å²) in [7, 11) is 1.28. The van der Waals surface area contributed by atoms with Gasteiger partial charge in [-0.15, -0.1) is 6.58 Å². The summed E-state index contributed by atoms with van der Waals surface area (Å²) in [5.74, 6) is -1.27. The van der Waals surface area contributed by atoms with Crippen LogP contribution in [0.15, 0.2) is 23.9 Å². The predicted molar refractivity (Wildman–Crippen MR) is 71.0 cm³/mol. The molecule has 2 unspecified atom stereocenters. The molecule has 0 aliphatic carbocycles. The molecule has 1 heterocycles. The molecule has 5 heteroatoms. The van der Waals surface area contributed by atoms with Gasteiger partial charge in [-0.2, -0.15) is 0 Å². The van der Waals surface area contributed by atoms with Crippen LogP contribution in [-0.4, -0.2) is 41.1 Å². The highest BCUT2D eigenvalue weighted by Crippen LogP contribution is 2.36. The number of methoxy groups -OCH3 is 1. The first-order chi connectivity index (χ1) is 8.86. The monoisotopic (exact) mass is 267 g/mol. The number of carbonyl (C=O) groups is 2. The maximum absolute atomic E-state index is 12.1. The van der Waals surface area contributed by atoms with Crippen molar-refractivity contribution in [3.05, 3.63) is 23.9 Å². The van der Waals surface area contributed by atoms with Crippen LogP contribution in [0.2, 0.25) is 0 Å². The molecule has 0 aromatic carbocycles. The van der Waals surface area contributed by atoms with Crippen molar-refractivity contribution in [3.8, 4) is 0 Å². The molecule has 1 N–H and O–H groups in total. The molecule has 106 valence electrons. The predicted octanol–water partition coefficient (Wildman–Crippen LogP) is 1.24. The largest absolute Gasteiger partial charge is 0.464 e. The smallest absolute Gasteiger partial charge is 0.354 e. The number of likely N-dealkylation sites (tertiary alicyclic amines) is 1. The van der Waals surface area contributed by atoms with E-state index < -0.39 is 18.0 Å². The second kappa shape index (κ2) is 6.02. The SMILES string of the molecule is C=CC[C@@H]1C(C(C)O)C(=O)N1C(C(=O)OC)=C(C)C. The molecule has 0 saturated carbocycles. The van der Waals surface area contributed by atoms with Crippen LogP contribution in [0.25, 0.3) is 0 Å². The van der Waals surface area contributed by atoms with E-state index in [2.05, 4.69) is 6.58 Å². The lowest BCUT2D eigenvalue weighted by Crippen LogP contribution is -2.64. The number of ether oxygens (including phenoxy) is 1. The van der Waals surface area contributed by atoms with E-state index in [1.54, 1.807) is 26.8 Å². The zero-order chi connectivity index (χ0) is 14.7. The average Bonchev–Trinajstić information content (AvgIpc) is 2.33. The number of esters is 1. The fraction of sp³-hybridized carbons (Fsp3) is 0.571. The van der Waals surface area contributed by atoms with Crippen LogP contribution in [0.3, 0.4) is 0 Å². The van der Waals surface area contributed by atoms with E-state index in [0.717, 1.165) is 0 Å². The van der Waals surface area contributed by atoms with Gasteiger partial charge in [0.25, 0.3) is 0 Å². The van der Waals surface area contributed by atoms with Gasteiger partial charge in [0.1, 0.15) is 5.70 Å². The van der Waals surface area contributed by atoms with Crippen molar-refractivity contribution >= 4 is 11.9 Å². The van der Waals surface area contributed by atoms with E-state index in [0.29, 0.717) is 12.0 Å². The molecule has 0 bridgehead atoms. The first-order valence-corrected chi connectivity index (χ1v) is 6.24. The maximum atomic E-state index is 12.1. The molecule has 3 atom stereocenters. The summed E-state index contributed by atoms with van der Waals surface area (Å²) in [5, 5.41) is 9.66. The maximum Gasteiger partial charge on any atom is 0.354 e. The number of nitrogens with zero attached hydrogens (tertiary/aromatic N) is 1. The standard InChI is InChI=1S/C14H21NO4/c1-6-7-10-11(9(4)16)13(17)15(10)12(8(2)3)14(18)19-5/h6,9-11,16H,1,7H2,2-5H3/t9?,10-,11?/m1/s1. The highest BCUT2D eigenvalue weighted by atomic mass is 16.5. The molecule has 1 aliphatic heterocycles. The van der Waals surface area contributed by atoms with Crippen molar-refractivity contribution in [1.29, 1.82) is 0 Å². The Morgan fingerprint density at radius 2 is 2.16 bits per heavy atom. The Kier molecular flexibility index (Phi) is 4.89. The van der Waals surface area contributed by atoms with Gasteiger partial charge in [0.05, 0.1) is 25.2 Å². The minimum Gasteiger partial charge on any atom is -0.464 e. The lowest BCUT2D eigenvalue weighted by molar-refractivity contribution is -0.164. The third kappa shape index (κ3) is 2.71. The Morgan fingerprint density at radius 3 is 2.53 bits per heavy atom. The Hall–Kier alpha value is -1.62. The highest BCUT2D eigenvalue weighted by molar-refractivity contribution is 5.98. The summed E-state index contributed by atoms with van der Waals surface area (Å²) in [5.41, 5.74) is 0.967. The molecule has 5 nitrogen and oxygen atoms in total. The minimum atomic E-state index is -0.746. The number of β-lactam (4-membered cyclic amide) rings is 1. The van der Waals surface area contributed by atoms with Crippen molar-refractivity contribution < 1.29 is 19.4 Å². The summed E-state index contributed by atoms with van der Waals surface area (Å²) < 4.78 is 4.72. The van der Waals surface area contributed by atoms with Crippen molar-refractivity contribution in [2.24, 2.45) is 5.92 Å². The van der Waals surface area contributed by atoms with Gasteiger partial charge in [-0.05, 0) is 32.8 Å². The number of hydrogen-bond acceptors (Lipinski definition) is 4. The van der Waals surface area contributed by atoms with E-state index in [4.69, 9.17) is 4.74 Å². The number of rotatable bonds is 5. The second-order valence-electron chi connectivity index (χ2n) is 4.91. The van der Waals surface area contributed by atoms with Crippen molar-refractivity contribution in [3.63, 3.8) is 0 Å². The first kappa shape index (κ1) is 15.4. The molecule has 0 spiro atoms. The molecular weight excluding hydrogens is 246 g/mol. The van der Waals surface area contributed by atoms with Gasteiger partial charge in [0.2, 0.25) is 5.91 Å². The van der Waals surface area contributed by atoms with E-state index in [-0.39, 0.29) is 17.6 Å². The fourth-order valence-electron chi connectivity index (χ4n) is 2.43. The van der Waals surface area contributed by atoms with Crippen molar-refractivity contribution in [2.75, 3.05) is 7.11 Å². The van der Waals surface area contributed by atoms with Gasteiger partial charge in [-0.25, -0.2) is 4.79 Å². The van der Waals surface area contributed by atoms with E-state index in [1.165, 1.54) is 12.0 Å². The average molecular weight is 267 g/mol. The van der Waals surface area contributed by atoms with E-state index in [9.17, 15) is 14.7 Å². The molecule has 1 rings (SSSR count). The molecule has 1 fully saturated rings. The molecule has 0 radical (unpaired) electrons. The van der Waals surface area contributed by atoms with Crippen molar-refractivity contribution in [2.45, 2.75) is 39.3 Å². The summed E-state index contributed by atoms with van der Waals surface area (Å²) in [6, 6.07) is -0.242. The number of hydrogen-bond donors (Lipinski definition) is 1. The second-order valence-corrected chi connectivity index (χ2v) is 4.91. The first-order valence-electron chi connectivity index (χ1n) is 6.24. The summed E-state index contributed by atoms with van der Waals surface area (Å²) in [6.45, 7) is 8.73. The van der Waals surface area contributed by atoms with Crippen LogP contribution in [0.5, 0.6) is 0 Å². The Morgan fingerprint density at radius 1 is 1.58 bits per heavy atom. The van der Waals surface area contributed by atoms with Gasteiger partial charge in [-0.3, -0.25) is 4.79 Å². The Bertz CT molecular complexity index is 421. The van der Waals surface area contributed by atoms with Crippen LogP contribution in [0, 0.1) is 5.92 Å². The van der Waals surface area contributed by atoms with Crippen LogP contribution in [0.1, 0.15) is 27.2 Å². The number of amides is 1. The van der Waals surface area contributed by atoms with E-state index in [1.807, 2.05) is 0 Å². The zero-order valence-electron chi connectivity index (χ0n) is 11.8. The topological polar surface area (TPSA) is 66.8 Å². The molecule has 1 saturated heterocycles. The van der Waals surface area contributed by atoms with Gasteiger partial charge >= 0.3 is 5.97 Å². The Balaban J connectivity index is 3.11. The normalized spacial score (nSPS) is 23.4. The number of allylic oxidation sites excluding steroid dienone is 1. The molecule has 0 aromatic rings. The van der Waals surface area contributed by atoms with Gasteiger partial charge in [-0.1, -0.05) is 6.08 Å². The third-order valence-electron chi connectivity index (χ3n) is 3.29. The van der Waals surface area contributed by atoms with E-state index >= 15 is 0 Å². The van der Waals surface area contributed by atoms with Crippen LogP contribution >= 0.6 is 0 Å². The highest BCUT2D eigenvalue weighted by Gasteiger charge is 2.51. The molecule has 0 aromatic heterocycles. The molecule has 19 heavy (non-hydrogen) atoms. The quantitative estimate of drug-likeness (QED) is 0.352. The number of aliphatic hydroxyl groups is 1. The minimum absolute atomic E-state index is 0.242. The fourth-order valence-corrected chi connectivity index (χ4v) is 2.43. The Labute approximate surface area is 113 Å². The lowest BCUT2D eigenvalue weighted by atomic mass is 9.80. The molecule has 1 aliphatic rings. The zero-order valence-corrected chi connectivity index (χ0v) is 11.8. The van der Waals surface area contributed by atoms with Crippen LogP contribution in [-0.2, 0) is 14.3 Å². The van der Waals surface area contributed by atoms with Gasteiger partial charge < -0.3 is 14.7 Å². The summed E-state index contributed by atoms with van der Waals surface area (Å²) in [4.78, 5) is 25.4. The molecular formula is C14H21NO4.